The summed E-state index contributed by atoms with van der Waals surface area (Å²) in [6, 6.07) is 0. The Kier molecular flexibility index (Phi) is 2.50. The molecule has 12 heavy (non-hydrogen) atoms. The van der Waals surface area contributed by atoms with Gasteiger partial charge in [0.2, 0.25) is 0 Å². The summed E-state index contributed by atoms with van der Waals surface area (Å²) in [6.07, 6.45) is 3.14. The molecule has 0 bridgehead atoms. The fourth-order valence-electron chi connectivity index (χ4n) is 1.02. The van der Waals surface area contributed by atoms with Crippen LogP contribution in [0.25, 0.3) is 0 Å². The largest absolute Gasteiger partial charge is 0.252 e. The van der Waals surface area contributed by atoms with Gasteiger partial charge in [0.25, 0.3) is 0 Å². The fourth-order valence-corrected chi connectivity index (χ4v) is 1.02. The van der Waals surface area contributed by atoms with Crippen LogP contribution in [-0.4, -0.2) is 15.0 Å². The van der Waals surface area contributed by atoms with Gasteiger partial charge in [-0.1, -0.05) is 26.0 Å². The highest BCUT2D eigenvalue weighted by molar-refractivity contribution is 4.87. The summed E-state index contributed by atoms with van der Waals surface area (Å²) in [5.74, 6) is 0. The molecular weight excluding hydrogens is 150 g/mol. The summed E-state index contributed by atoms with van der Waals surface area (Å²) in [5, 5.41) is 7.96. The van der Waals surface area contributed by atoms with Crippen LogP contribution in [-0.2, 0) is 6.54 Å². The second kappa shape index (κ2) is 3.25. The normalized spacial score (nSPS) is 12.0. The van der Waals surface area contributed by atoms with E-state index < -0.39 is 0 Å². The SMILES string of the molecule is CCC(C)(C)Cn1cc(C)nn1. The Bertz CT molecular complexity index is 250. The molecule has 0 atom stereocenters. The highest BCUT2D eigenvalue weighted by Gasteiger charge is 2.16. The summed E-state index contributed by atoms with van der Waals surface area (Å²) in [5.41, 5.74) is 1.31. The third-order valence-corrected chi connectivity index (χ3v) is 2.20. The van der Waals surface area contributed by atoms with Crippen molar-refractivity contribution in [2.24, 2.45) is 5.41 Å². The van der Waals surface area contributed by atoms with E-state index in [0.29, 0.717) is 5.41 Å². The highest BCUT2D eigenvalue weighted by atomic mass is 15.4. The van der Waals surface area contributed by atoms with Crippen LogP contribution in [0.4, 0.5) is 0 Å². The van der Waals surface area contributed by atoms with Gasteiger partial charge in [-0.05, 0) is 18.8 Å². The molecule has 0 amide bonds. The molecule has 0 radical (unpaired) electrons. The first-order valence-corrected chi connectivity index (χ1v) is 4.40. The third-order valence-electron chi connectivity index (χ3n) is 2.20. The molecule has 1 aromatic heterocycles. The van der Waals surface area contributed by atoms with Crippen LogP contribution < -0.4 is 0 Å². The second-order valence-corrected chi connectivity index (χ2v) is 4.08. The maximum absolute atomic E-state index is 4.02. The molecule has 0 aliphatic carbocycles. The zero-order valence-electron chi connectivity index (χ0n) is 8.33. The van der Waals surface area contributed by atoms with E-state index in [1.165, 1.54) is 0 Å². The standard InChI is InChI=1S/C9H17N3/c1-5-9(3,4)7-12-6-8(2)10-11-12/h6H,5,7H2,1-4H3. The Morgan fingerprint density at radius 1 is 1.50 bits per heavy atom. The van der Waals surface area contributed by atoms with Crippen molar-refractivity contribution in [2.45, 2.75) is 40.7 Å². The Labute approximate surface area is 73.8 Å². The molecule has 0 aromatic carbocycles. The number of aromatic nitrogens is 3. The molecule has 0 fully saturated rings. The molecule has 0 aliphatic heterocycles. The average Bonchev–Trinajstić information content (AvgIpc) is 2.35. The van der Waals surface area contributed by atoms with Crippen LogP contribution in [0.2, 0.25) is 0 Å². The van der Waals surface area contributed by atoms with Gasteiger partial charge in [-0.2, -0.15) is 0 Å². The molecule has 0 saturated carbocycles. The molecular formula is C9H17N3. The minimum Gasteiger partial charge on any atom is -0.252 e. The number of hydrogen-bond donors (Lipinski definition) is 0. The topological polar surface area (TPSA) is 30.7 Å². The van der Waals surface area contributed by atoms with Crippen LogP contribution in [0, 0.1) is 12.3 Å². The Morgan fingerprint density at radius 3 is 2.58 bits per heavy atom. The van der Waals surface area contributed by atoms with Crippen LogP contribution in [0.1, 0.15) is 32.9 Å². The quantitative estimate of drug-likeness (QED) is 0.689. The van der Waals surface area contributed by atoms with Crippen molar-refractivity contribution in [3.05, 3.63) is 11.9 Å². The summed E-state index contributed by atoms with van der Waals surface area (Å²) in [6.45, 7) is 9.59. The van der Waals surface area contributed by atoms with Crippen molar-refractivity contribution in [1.29, 1.82) is 0 Å². The molecule has 3 nitrogen and oxygen atoms in total. The van der Waals surface area contributed by atoms with Gasteiger partial charge >= 0.3 is 0 Å². The lowest BCUT2D eigenvalue weighted by Gasteiger charge is -2.21. The Morgan fingerprint density at radius 2 is 2.17 bits per heavy atom. The lowest BCUT2D eigenvalue weighted by atomic mass is 9.90. The summed E-state index contributed by atoms with van der Waals surface area (Å²) >= 11 is 0. The van der Waals surface area contributed by atoms with Gasteiger partial charge in [0.05, 0.1) is 5.69 Å². The number of nitrogens with zero attached hydrogens (tertiary/aromatic N) is 3. The van der Waals surface area contributed by atoms with Gasteiger partial charge in [-0.3, -0.25) is 4.68 Å². The molecule has 68 valence electrons. The van der Waals surface area contributed by atoms with Crippen molar-refractivity contribution in [2.75, 3.05) is 0 Å². The van der Waals surface area contributed by atoms with E-state index in [2.05, 4.69) is 31.1 Å². The number of hydrogen-bond acceptors (Lipinski definition) is 2. The smallest absolute Gasteiger partial charge is 0.0796 e. The van der Waals surface area contributed by atoms with E-state index in [9.17, 15) is 0 Å². The third kappa shape index (κ3) is 2.32. The molecule has 3 heteroatoms. The van der Waals surface area contributed by atoms with Gasteiger partial charge in [0, 0.05) is 12.7 Å². The van der Waals surface area contributed by atoms with Gasteiger partial charge in [-0.25, -0.2) is 0 Å². The number of rotatable bonds is 3. The molecule has 0 aliphatic rings. The predicted octanol–water partition coefficient (Wildman–Crippen LogP) is 2.02. The summed E-state index contributed by atoms with van der Waals surface area (Å²) in [4.78, 5) is 0. The molecule has 0 spiro atoms. The van der Waals surface area contributed by atoms with Gasteiger partial charge in [0.15, 0.2) is 0 Å². The maximum atomic E-state index is 4.02. The molecule has 0 N–H and O–H groups in total. The van der Waals surface area contributed by atoms with E-state index in [4.69, 9.17) is 0 Å². The van der Waals surface area contributed by atoms with E-state index in [1.807, 2.05) is 17.8 Å². The van der Waals surface area contributed by atoms with Crippen molar-refractivity contribution < 1.29 is 0 Å². The zero-order chi connectivity index (χ0) is 9.19. The van der Waals surface area contributed by atoms with Crippen LogP contribution in [0.5, 0.6) is 0 Å². The van der Waals surface area contributed by atoms with Crippen molar-refractivity contribution in [3.8, 4) is 0 Å². The molecule has 0 saturated heterocycles. The molecule has 1 aromatic rings. The number of aryl methyl sites for hydroxylation is 1. The predicted molar refractivity (Wildman–Crippen MR) is 48.8 cm³/mol. The van der Waals surface area contributed by atoms with E-state index in [1.54, 1.807) is 0 Å². The maximum Gasteiger partial charge on any atom is 0.0796 e. The van der Waals surface area contributed by atoms with E-state index >= 15 is 0 Å². The minimum atomic E-state index is 0.320. The van der Waals surface area contributed by atoms with Gasteiger partial charge < -0.3 is 0 Å². The second-order valence-electron chi connectivity index (χ2n) is 4.08. The minimum absolute atomic E-state index is 0.320. The van der Waals surface area contributed by atoms with E-state index in [-0.39, 0.29) is 0 Å². The van der Waals surface area contributed by atoms with E-state index in [0.717, 1.165) is 18.7 Å². The first-order valence-electron chi connectivity index (χ1n) is 4.40. The molecule has 0 unspecified atom stereocenters. The van der Waals surface area contributed by atoms with Gasteiger partial charge in [0.1, 0.15) is 0 Å². The lowest BCUT2D eigenvalue weighted by Crippen LogP contribution is -2.18. The van der Waals surface area contributed by atoms with Crippen LogP contribution in [0.15, 0.2) is 6.20 Å². The molecule has 1 rings (SSSR count). The van der Waals surface area contributed by atoms with Crippen LogP contribution >= 0.6 is 0 Å². The monoisotopic (exact) mass is 167 g/mol. The Balaban J connectivity index is 2.63. The van der Waals surface area contributed by atoms with Crippen molar-refractivity contribution in [3.63, 3.8) is 0 Å². The zero-order valence-corrected chi connectivity index (χ0v) is 8.33. The van der Waals surface area contributed by atoms with Crippen molar-refractivity contribution in [1.82, 2.24) is 15.0 Å². The summed E-state index contributed by atoms with van der Waals surface area (Å²) < 4.78 is 1.92. The van der Waals surface area contributed by atoms with Crippen LogP contribution in [0.3, 0.4) is 0 Å². The lowest BCUT2D eigenvalue weighted by molar-refractivity contribution is 0.277. The van der Waals surface area contributed by atoms with Gasteiger partial charge in [-0.15, -0.1) is 5.10 Å². The first-order chi connectivity index (χ1) is 5.53. The fraction of sp³-hybridized carbons (Fsp3) is 0.778. The highest BCUT2D eigenvalue weighted by Crippen LogP contribution is 2.21. The Hall–Kier alpha value is -0.860. The van der Waals surface area contributed by atoms with Crippen molar-refractivity contribution >= 4 is 0 Å². The molecule has 1 heterocycles. The summed E-state index contributed by atoms with van der Waals surface area (Å²) in [7, 11) is 0. The average molecular weight is 167 g/mol. The first kappa shape index (κ1) is 9.23.